The second-order valence-electron chi connectivity index (χ2n) is 8.34. The van der Waals surface area contributed by atoms with Crippen molar-refractivity contribution in [1.82, 2.24) is 9.88 Å². The Morgan fingerprint density at radius 3 is 2.16 bits per heavy atom. The van der Waals surface area contributed by atoms with Crippen LogP contribution < -0.4 is 10.6 Å². The lowest BCUT2D eigenvalue weighted by molar-refractivity contribution is -0.138. The highest BCUT2D eigenvalue weighted by molar-refractivity contribution is 6.05. The molecule has 6 nitrogen and oxygen atoms in total. The first-order chi connectivity index (χ1) is 15.3. The zero-order valence-corrected chi connectivity index (χ0v) is 18.6. The summed E-state index contributed by atoms with van der Waals surface area (Å²) in [5.41, 5.74) is 4.65. The first-order valence-electron chi connectivity index (χ1n) is 10.9. The van der Waals surface area contributed by atoms with Crippen LogP contribution in [-0.2, 0) is 15.0 Å². The van der Waals surface area contributed by atoms with Crippen LogP contribution in [0.1, 0.15) is 53.5 Å². The van der Waals surface area contributed by atoms with Crippen LogP contribution in [0, 0.1) is 13.8 Å². The Kier molecular flexibility index (Phi) is 5.70. The Morgan fingerprint density at radius 2 is 1.59 bits per heavy atom. The molecule has 1 aliphatic heterocycles. The van der Waals surface area contributed by atoms with E-state index in [0.29, 0.717) is 30.5 Å². The maximum atomic E-state index is 12.7. The molecule has 4 rings (SSSR count). The van der Waals surface area contributed by atoms with Gasteiger partial charge in [0.05, 0.1) is 5.41 Å². The van der Waals surface area contributed by atoms with E-state index in [4.69, 9.17) is 0 Å². The molecule has 1 fully saturated rings. The molecule has 1 unspecified atom stereocenters. The normalized spacial score (nSPS) is 18.3. The van der Waals surface area contributed by atoms with Gasteiger partial charge in [0.1, 0.15) is 0 Å². The van der Waals surface area contributed by atoms with E-state index in [-0.39, 0.29) is 17.7 Å². The van der Waals surface area contributed by atoms with Gasteiger partial charge in [-0.1, -0.05) is 19.1 Å². The molecular formula is C26H27N3O3. The second-order valence-corrected chi connectivity index (χ2v) is 8.34. The van der Waals surface area contributed by atoms with Crippen LogP contribution in [0.25, 0.3) is 5.69 Å². The highest BCUT2D eigenvalue weighted by Gasteiger charge is 2.42. The minimum absolute atomic E-state index is 0.198. The molecule has 1 aliphatic rings. The summed E-state index contributed by atoms with van der Waals surface area (Å²) in [5, 5.41) is 5.37. The van der Waals surface area contributed by atoms with Crippen molar-refractivity contribution in [3.05, 3.63) is 83.2 Å². The van der Waals surface area contributed by atoms with Crippen molar-refractivity contribution >= 4 is 23.4 Å². The Balaban J connectivity index is 1.48. The summed E-state index contributed by atoms with van der Waals surface area (Å²) in [6.07, 6.45) is 1.42. The third-order valence-electron chi connectivity index (χ3n) is 6.42. The molecule has 2 N–H and O–H groups in total. The van der Waals surface area contributed by atoms with Crippen LogP contribution in [0.2, 0.25) is 0 Å². The second kappa shape index (κ2) is 8.46. The number of rotatable bonds is 5. The predicted octanol–water partition coefficient (Wildman–Crippen LogP) is 4.43. The molecule has 0 radical (unpaired) electrons. The summed E-state index contributed by atoms with van der Waals surface area (Å²) in [6.45, 7) is 6.05. The van der Waals surface area contributed by atoms with Gasteiger partial charge in [0.25, 0.3) is 5.91 Å². The lowest BCUT2D eigenvalue weighted by atomic mass is 9.72. The van der Waals surface area contributed by atoms with Gasteiger partial charge in [0.2, 0.25) is 11.8 Å². The summed E-state index contributed by atoms with van der Waals surface area (Å²) in [4.78, 5) is 36.8. The van der Waals surface area contributed by atoms with Gasteiger partial charge in [-0.25, -0.2) is 0 Å². The Bertz CT molecular complexity index is 1160. The molecule has 2 heterocycles. The number of nitrogens with one attached hydrogen (secondary N) is 2. The van der Waals surface area contributed by atoms with E-state index >= 15 is 0 Å². The zero-order chi connectivity index (χ0) is 22.9. The van der Waals surface area contributed by atoms with Gasteiger partial charge >= 0.3 is 0 Å². The molecule has 0 spiro atoms. The fourth-order valence-electron chi connectivity index (χ4n) is 4.48. The van der Waals surface area contributed by atoms with Crippen LogP contribution in [0.4, 0.5) is 5.69 Å². The van der Waals surface area contributed by atoms with Crippen molar-refractivity contribution < 1.29 is 14.4 Å². The van der Waals surface area contributed by atoms with Gasteiger partial charge in [0, 0.05) is 34.7 Å². The van der Waals surface area contributed by atoms with Crippen LogP contribution in [0.15, 0.2) is 60.7 Å². The monoisotopic (exact) mass is 429 g/mol. The van der Waals surface area contributed by atoms with Crippen LogP contribution in [-0.4, -0.2) is 22.3 Å². The quantitative estimate of drug-likeness (QED) is 0.589. The molecule has 0 bridgehead atoms. The highest BCUT2D eigenvalue weighted by atomic mass is 16.2. The number of piperidine rings is 1. The molecule has 0 saturated carbocycles. The standard InChI is InChI=1S/C26H27N3O3/c1-4-26(16-15-23(30)28-25(26)32)20-9-11-21(12-10-20)27-24(31)19-7-13-22(14-8-19)29-17(2)5-6-18(29)3/h5-14H,4,15-16H2,1-3H3,(H,27,31)(H,28,30,32). The van der Waals surface area contributed by atoms with Crippen molar-refractivity contribution in [3.63, 3.8) is 0 Å². The first kappa shape index (κ1) is 21.6. The number of carbonyl (C=O) groups excluding carboxylic acids is 3. The zero-order valence-electron chi connectivity index (χ0n) is 18.6. The minimum Gasteiger partial charge on any atom is -0.322 e. The van der Waals surface area contributed by atoms with Crippen molar-refractivity contribution in [2.45, 2.75) is 45.4 Å². The molecular weight excluding hydrogens is 402 g/mol. The third-order valence-corrected chi connectivity index (χ3v) is 6.42. The number of hydrogen-bond acceptors (Lipinski definition) is 3. The fourth-order valence-corrected chi connectivity index (χ4v) is 4.48. The van der Waals surface area contributed by atoms with E-state index in [1.54, 1.807) is 12.1 Å². The van der Waals surface area contributed by atoms with Crippen molar-refractivity contribution in [1.29, 1.82) is 0 Å². The van der Waals surface area contributed by atoms with Gasteiger partial charge in [0.15, 0.2) is 0 Å². The Morgan fingerprint density at radius 1 is 0.969 bits per heavy atom. The molecule has 164 valence electrons. The summed E-state index contributed by atoms with van der Waals surface area (Å²) in [5.74, 6) is -0.672. The number of hydrogen-bond donors (Lipinski definition) is 2. The molecule has 6 heteroatoms. The van der Waals surface area contributed by atoms with E-state index in [0.717, 1.165) is 22.6 Å². The van der Waals surface area contributed by atoms with E-state index in [9.17, 15) is 14.4 Å². The summed E-state index contributed by atoms with van der Waals surface area (Å²) in [6, 6.07) is 18.9. The minimum atomic E-state index is -0.707. The average Bonchev–Trinajstić information content (AvgIpc) is 3.13. The maximum absolute atomic E-state index is 12.7. The first-order valence-corrected chi connectivity index (χ1v) is 10.9. The number of aryl methyl sites for hydroxylation is 2. The lowest BCUT2D eigenvalue weighted by Gasteiger charge is -2.35. The van der Waals surface area contributed by atoms with E-state index in [2.05, 4.69) is 41.2 Å². The molecule has 2 aromatic carbocycles. The summed E-state index contributed by atoms with van der Waals surface area (Å²) >= 11 is 0. The SMILES string of the molecule is CCC1(c2ccc(NC(=O)c3ccc(-n4c(C)ccc4C)cc3)cc2)CCC(=O)NC1=O. The predicted molar refractivity (Wildman–Crippen MR) is 124 cm³/mol. The molecule has 3 aromatic rings. The van der Waals surface area contributed by atoms with Crippen molar-refractivity contribution in [3.8, 4) is 5.69 Å². The Hall–Kier alpha value is -3.67. The van der Waals surface area contributed by atoms with Crippen molar-refractivity contribution in [2.24, 2.45) is 0 Å². The summed E-state index contributed by atoms with van der Waals surface area (Å²) < 4.78 is 2.14. The average molecular weight is 430 g/mol. The topological polar surface area (TPSA) is 80.2 Å². The van der Waals surface area contributed by atoms with Gasteiger partial charge in [-0.3, -0.25) is 19.7 Å². The molecule has 0 aliphatic carbocycles. The number of anilines is 1. The van der Waals surface area contributed by atoms with E-state index < -0.39 is 5.41 Å². The smallest absolute Gasteiger partial charge is 0.255 e. The van der Waals surface area contributed by atoms with Gasteiger partial charge in [-0.2, -0.15) is 0 Å². The molecule has 1 atom stereocenters. The fraction of sp³-hybridized carbons (Fsp3) is 0.269. The van der Waals surface area contributed by atoms with Crippen LogP contribution in [0.5, 0.6) is 0 Å². The van der Waals surface area contributed by atoms with E-state index in [1.807, 2.05) is 43.3 Å². The number of amides is 3. The van der Waals surface area contributed by atoms with Gasteiger partial charge < -0.3 is 9.88 Å². The van der Waals surface area contributed by atoms with Crippen LogP contribution in [0.3, 0.4) is 0 Å². The largest absolute Gasteiger partial charge is 0.322 e. The number of imide groups is 1. The molecule has 3 amide bonds. The van der Waals surface area contributed by atoms with Crippen molar-refractivity contribution in [2.75, 3.05) is 5.32 Å². The van der Waals surface area contributed by atoms with Gasteiger partial charge in [-0.05, 0) is 80.8 Å². The number of nitrogens with zero attached hydrogens (tertiary/aromatic N) is 1. The maximum Gasteiger partial charge on any atom is 0.255 e. The highest BCUT2D eigenvalue weighted by Crippen LogP contribution is 2.36. The number of aromatic nitrogens is 1. The molecule has 1 aromatic heterocycles. The molecule has 32 heavy (non-hydrogen) atoms. The Labute approximate surface area is 187 Å². The number of benzene rings is 2. The van der Waals surface area contributed by atoms with Crippen LogP contribution >= 0.6 is 0 Å². The molecule has 1 saturated heterocycles. The summed E-state index contributed by atoms with van der Waals surface area (Å²) in [7, 11) is 0. The lowest BCUT2D eigenvalue weighted by Crippen LogP contribution is -2.51. The third kappa shape index (κ3) is 3.84. The van der Waals surface area contributed by atoms with E-state index in [1.165, 1.54) is 0 Å². The van der Waals surface area contributed by atoms with Gasteiger partial charge in [-0.15, -0.1) is 0 Å². The number of carbonyl (C=O) groups is 3.